The summed E-state index contributed by atoms with van der Waals surface area (Å²) in [6.45, 7) is 7.82. The Morgan fingerprint density at radius 1 is 0.579 bits per heavy atom. The fourth-order valence-corrected chi connectivity index (χ4v) is 4.83. The van der Waals surface area contributed by atoms with E-state index < -0.39 is 0 Å². The summed E-state index contributed by atoms with van der Waals surface area (Å²) in [7, 11) is 0. The average molecular weight is 386 g/mol. The molecule has 0 aliphatic rings. The van der Waals surface area contributed by atoms with E-state index in [9.17, 15) is 0 Å². The van der Waals surface area contributed by atoms with Gasteiger partial charge in [-0.15, -0.1) is 0 Å². The summed E-state index contributed by atoms with van der Waals surface area (Å²) in [4.78, 5) is 0. The van der Waals surface area contributed by atoms with Crippen molar-refractivity contribution in [2.45, 2.75) is 74.2 Å². The molecule has 0 spiro atoms. The zero-order valence-corrected chi connectivity index (χ0v) is 15.5. The van der Waals surface area contributed by atoms with Crippen molar-refractivity contribution in [1.82, 2.24) is 0 Å². The number of hydrogen-bond acceptors (Lipinski definition) is 2. The normalized spacial score (nSPS) is 11.1. The summed E-state index contributed by atoms with van der Waals surface area (Å²) in [5.74, 6) is 0. The molecule has 0 radical (unpaired) electrons. The molecule has 0 atom stereocenters. The Hall–Kier alpha value is 0.710. The molecule has 0 saturated heterocycles. The minimum absolute atomic E-state index is 0.336. The Balaban J connectivity index is 2.88. The van der Waals surface area contributed by atoms with Crippen LogP contribution >= 0.6 is 0 Å². The van der Waals surface area contributed by atoms with E-state index >= 15 is 0 Å². The van der Waals surface area contributed by atoms with Crippen molar-refractivity contribution in [3.05, 3.63) is 0 Å². The van der Waals surface area contributed by atoms with E-state index in [0.717, 1.165) is 26.4 Å². The van der Waals surface area contributed by atoms with Crippen LogP contribution in [0.1, 0.15) is 65.2 Å². The standard InChI is InChI=1S/C16H34O2Te/c1-3-17-13-9-5-7-11-15-19-16-12-8-6-10-14-18-4-2/h3-16H2,1-2H3. The molecule has 116 valence electrons. The molecule has 0 aromatic rings. The summed E-state index contributed by atoms with van der Waals surface area (Å²) in [6, 6.07) is 0. The summed E-state index contributed by atoms with van der Waals surface area (Å²) < 4.78 is 13.8. The Bertz CT molecular complexity index is 138. The zero-order valence-electron chi connectivity index (χ0n) is 13.1. The van der Waals surface area contributed by atoms with Crippen LogP contribution in [-0.4, -0.2) is 47.4 Å². The molecule has 19 heavy (non-hydrogen) atoms. The Morgan fingerprint density at radius 2 is 1.00 bits per heavy atom. The van der Waals surface area contributed by atoms with Crippen molar-refractivity contribution in [2.24, 2.45) is 0 Å². The van der Waals surface area contributed by atoms with Gasteiger partial charge in [0.2, 0.25) is 0 Å². The molecule has 0 aliphatic carbocycles. The molecule has 3 heteroatoms. The van der Waals surface area contributed by atoms with E-state index in [-0.39, 0.29) is 0 Å². The second-order valence-corrected chi connectivity index (χ2v) is 8.33. The molecule has 0 N–H and O–H groups in total. The molecular formula is C16H34O2Te. The zero-order chi connectivity index (χ0) is 14.0. The van der Waals surface area contributed by atoms with Crippen molar-refractivity contribution in [1.29, 1.82) is 0 Å². The first-order valence-corrected chi connectivity index (χ1v) is 11.4. The number of unbranched alkanes of at least 4 members (excludes halogenated alkanes) is 6. The first-order chi connectivity index (χ1) is 9.41. The van der Waals surface area contributed by atoms with Crippen molar-refractivity contribution >= 4 is 20.9 Å². The molecule has 0 heterocycles. The van der Waals surface area contributed by atoms with Gasteiger partial charge < -0.3 is 0 Å². The molecule has 0 bridgehead atoms. The van der Waals surface area contributed by atoms with E-state index in [1.807, 2.05) is 0 Å². The van der Waals surface area contributed by atoms with E-state index in [1.54, 1.807) is 8.94 Å². The summed E-state index contributed by atoms with van der Waals surface area (Å²) in [5, 5.41) is 0. The first kappa shape index (κ1) is 19.7. The van der Waals surface area contributed by atoms with Gasteiger partial charge in [-0.25, -0.2) is 0 Å². The van der Waals surface area contributed by atoms with Crippen molar-refractivity contribution < 1.29 is 9.47 Å². The van der Waals surface area contributed by atoms with E-state index in [0.29, 0.717) is 20.9 Å². The average Bonchev–Trinajstić information content (AvgIpc) is 2.43. The van der Waals surface area contributed by atoms with Crippen LogP contribution in [0.15, 0.2) is 0 Å². The number of hydrogen-bond donors (Lipinski definition) is 0. The first-order valence-electron chi connectivity index (χ1n) is 8.15. The third kappa shape index (κ3) is 18.7. The van der Waals surface area contributed by atoms with Crippen LogP contribution in [0.5, 0.6) is 0 Å². The van der Waals surface area contributed by atoms with Crippen LogP contribution in [0.4, 0.5) is 0 Å². The van der Waals surface area contributed by atoms with Gasteiger partial charge in [-0.05, 0) is 0 Å². The quantitative estimate of drug-likeness (QED) is 0.282. The maximum absolute atomic E-state index is 5.34. The van der Waals surface area contributed by atoms with Crippen molar-refractivity contribution in [3.63, 3.8) is 0 Å². The summed E-state index contributed by atoms with van der Waals surface area (Å²) in [6.07, 6.45) is 11.0. The molecular weight excluding hydrogens is 352 g/mol. The van der Waals surface area contributed by atoms with E-state index in [2.05, 4.69) is 13.8 Å². The van der Waals surface area contributed by atoms with E-state index in [1.165, 1.54) is 51.4 Å². The van der Waals surface area contributed by atoms with Gasteiger partial charge in [-0.2, -0.15) is 0 Å². The third-order valence-electron chi connectivity index (χ3n) is 3.06. The van der Waals surface area contributed by atoms with Gasteiger partial charge in [0.05, 0.1) is 0 Å². The van der Waals surface area contributed by atoms with Crippen LogP contribution in [0.3, 0.4) is 0 Å². The second-order valence-electron chi connectivity index (χ2n) is 4.83. The van der Waals surface area contributed by atoms with Gasteiger partial charge in [0.15, 0.2) is 0 Å². The fraction of sp³-hybridized carbons (Fsp3) is 1.00. The van der Waals surface area contributed by atoms with Gasteiger partial charge in [0.25, 0.3) is 0 Å². The van der Waals surface area contributed by atoms with Crippen molar-refractivity contribution in [2.75, 3.05) is 26.4 Å². The van der Waals surface area contributed by atoms with Crippen molar-refractivity contribution in [3.8, 4) is 0 Å². The number of rotatable bonds is 16. The molecule has 0 fully saturated rings. The van der Waals surface area contributed by atoms with E-state index in [4.69, 9.17) is 9.47 Å². The molecule has 0 aromatic carbocycles. The van der Waals surface area contributed by atoms with Gasteiger partial charge in [-0.3, -0.25) is 0 Å². The topological polar surface area (TPSA) is 18.5 Å². The van der Waals surface area contributed by atoms with Gasteiger partial charge in [0, 0.05) is 0 Å². The summed E-state index contributed by atoms with van der Waals surface area (Å²) in [5.41, 5.74) is 0. The third-order valence-corrected chi connectivity index (χ3v) is 6.36. The maximum atomic E-state index is 5.34. The molecule has 0 aliphatic heterocycles. The molecule has 0 unspecified atom stereocenters. The Morgan fingerprint density at radius 3 is 1.42 bits per heavy atom. The SMILES string of the molecule is CCOCCCCCC[Te]CCCCCCOCC. The van der Waals surface area contributed by atoms with Gasteiger partial charge >= 0.3 is 131 Å². The van der Waals surface area contributed by atoms with Crippen LogP contribution in [0.2, 0.25) is 8.94 Å². The molecule has 0 saturated carbocycles. The van der Waals surface area contributed by atoms with Crippen LogP contribution in [0.25, 0.3) is 0 Å². The minimum atomic E-state index is 0.336. The molecule has 2 nitrogen and oxygen atoms in total. The fourth-order valence-electron chi connectivity index (χ4n) is 1.91. The van der Waals surface area contributed by atoms with Gasteiger partial charge in [-0.1, -0.05) is 0 Å². The van der Waals surface area contributed by atoms with Gasteiger partial charge in [0.1, 0.15) is 0 Å². The predicted molar refractivity (Wildman–Crippen MR) is 85.3 cm³/mol. The predicted octanol–water partition coefficient (Wildman–Crippen LogP) is 4.72. The monoisotopic (exact) mass is 388 g/mol. The Kier molecular flexibility index (Phi) is 19.4. The van der Waals surface area contributed by atoms with Crippen LogP contribution in [-0.2, 0) is 9.47 Å². The summed E-state index contributed by atoms with van der Waals surface area (Å²) >= 11 is 0.336. The second kappa shape index (κ2) is 18.7. The molecule has 0 amide bonds. The molecule has 0 aromatic heterocycles. The number of ether oxygens (including phenoxy) is 2. The van der Waals surface area contributed by atoms with Crippen LogP contribution < -0.4 is 0 Å². The van der Waals surface area contributed by atoms with Crippen LogP contribution in [0, 0.1) is 0 Å². The Labute approximate surface area is 131 Å². The molecule has 0 rings (SSSR count).